The predicted molar refractivity (Wildman–Crippen MR) is 110 cm³/mol. The number of carbonyl (C=O) groups is 1. The molecular weight excluding hydrogens is 473 g/mol. The van der Waals surface area contributed by atoms with Crippen molar-refractivity contribution in [1.29, 1.82) is 0 Å². The number of aryl methyl sites for hydroxylation is 1. The van der Waals surface area contributed by atoms with Crippen LogP contribution in [0.25, 0.3) is 5.65 Å². The molecule has 3 heterocycles. The van der Waals surface area contributed by atoms with Crippen LogP contribution in [0.1, 0.15) is 27.4 Å². The fourth-order valence-electron chi connectivity index (χ4n) is 3.60. The number of nitrogens with zero attached hydrogens (tertiary/aromatic N) is 5. The zero-order chi connectivity index (χ0) is 23.2. The summed E-state index contributed by atoms with van der Waals surface area (Å²) in [5.74, 6) is -0.984. The molecule has 6 nitrogen and oxygen atoms in total. The molecule has 4 rings (SSSR count). The minimum absolute atomic E-state index is 0.110. The zero-order valence-electron chi connectivity index (χ0n) is 16.8. The van der Waals surface area contributed by atoms with Crippen LogP contribution in [0.5, 0.6) is 0 Å². The summed E-state index contributed by atoms with van der Waals surface area (Å²) in [7, 11) is 0. The van der Waals surface area contributed by atoms with Crippen LogP contribution in [-0.2, 0) is 12.7 Å². The molecule has 1 aromatic carbocycles. The topological polar surface area (TPSA) is 53.7 Å². The first-order valence-electron chi connectivity index (χ1n) is 9.63. The van der Waals surface area contributed by atoms with Crippen molar-refractivity contribution < 1.29 is 22.4 Å². The van der Waals surface area contributed by atoms with Gasteiger partial charge in [0.25, 0.3) is 5.91 Å². The van der Waals surface area contributed by atoms with Gasteiger partial charge in [-0.05, 0) is 30.7 Å². The van der Waals surface area contributed by atoms with E-state index in [-0.39, 0.29) is 22.1 Å². The molecule has 2 aromatic heterocycles. The Kier molecular flexibility index (Phi) is 6.04. The smallest absolute Gasteiger partial charge is 0.335 e. The van der Waals surface area contributed by atoms with E-state index in [1.54, 1.807) is 6.07 Å². The van der Waals surface area contributed by atoms with E-state index in [2.05, 4.69) is 10.1 Å². The molecule has 32 heavy (non-hydrogen) atoms. The molecule has 0 atom stereocenters. The molecule has 0 radical (unpaired) electrons. The van der Waals surface area contributed by atoms with E-state index >= 15 is 0 Å². The second kappa shape index (κ2) is 8.49. The predicted octanol–water partition coefficient (Wildman–Crippen LogP) is 4.46. The Labute approximate surface area is 190 Å². The molecule has 0 unspecified atom stereocenters. The molecular formula is C20H17Cl2F4N5O. The number of rotatable bonds is 3. The van der Waals surface area contributed by atoms with Gasteiger partial charge in [-0.3, -0.25) is 9.69 Å². The van der Waals surface area contributed by atoms with Crippen molar-refractivity contribution in [2.75, 3.05) is 26.2 Å². The number of aromatic nitrogens is 3. The van der Waals surface area contributed by atoms with Crippen LogP contribution in [0, 0.1) is 12.7 Å². The first kappa shape index (κ1) is 22.8. The normalized spacial score (nSPS) is 15.5. The van der Waals surface area contributed by atoms with Gasteiger partial charge < -0.3 is 4.90 Å². The van der Waals surface area contributed by atoms with Gasteiger partial charge in [-0.15, -0.1) is 0 Å². The minimum atomic E-state index is -4.69. The lowest BCUT2D eigenvalue weighted by Gasteiger charge is -2.34. The Morgan fingerprint density at radius 2 is 1.81 bits per heavy atom. The van der Waals surface area contributed by atoms with Gasteiger partial charge >= 0.3 is 6.18 Å². The van der Waals surface area contributed by atoms with Crippen molar-refractivity contribution in [2.45, 2.75) is 19.6 Å². The zero-order valence-corrected chi connectivity index (χ0v) is 18.3. The molecule has 12 heteroatoms. The molecule has 0 N–H and O–H groups in total. The Hall–Kier alpha value is -2.43. The summed E-state index contributed by atoms with van der Waals surface area (Å²) in [6.45, 7) is 3.52. The third kappa shape index (κ3) is 4.39. The van der Waals surface area contributed by atoms with E-state index < -0.39 is 23.6 Å². The van der Waals surface area contributed by atoms with E-state index in [1.807, 2.05) is 4.90 Å². The maximum absolute atomic E-state index is 13.4. The van der Waals surface area contributed by atoms with Gasteiger partial charge in [-0.2, -0.15) is 18.3 Å². The van der Waals surface area contributed by atoms with Gasteiger partial charge in [0.2, 0.25) is 0 Å². The molecule has 1 aliphatic heterocycles. The fourth-order valence-corrected chi connectivity index (χ4v) is 4.07. The second-order valence-corrected chi connectivity index (χ2v) is 8.27. The van der Waals surface area contributed by atoms with Crippen molar-refractivity contribution in [1.82, 2.24) is 24.4 Å². The maximum atomic E-state index is 13.4. The number of hydrogen-bond donors (Lipinski definition) is 0. The fraction of sp³-hybridized carbons (Fsp3) is 0.350. The summed E-state index contributed by atoms with van der Waals surface area (Å²) in [4.78, 5) is 20.5. The van der Waals surface area contributed by atoms with Crippen LogP contribution in [0.4, 0.5) is 17.6 Å². The van der Waals surface area contributed by atoms with E-state index in [0.29, 0.717) is 42.3 Å². The molecule has 1 aliphatic rings. The van der Waals surface area contributed by atoms with E-state index in [1.165, 1.54) is 24.0 Å². The number of amides is 1. The van der Waals surface area contributed by atoms with Gasteiger partial charge in [0.15, 0.2) is 11.3 Å². The summed E-state index contributed by atoms with van der Waals surface area (Å²) in [5, 5.41) is 3.95. The highest BCUT2D eigenvalue weighted by molar-refractivity contribution is 6.36. The van der Waals surface area contributed by atoms with Crippen molar-refractivity contribution in [3.63, 3.8) is 0 Å². The first-order chi connectivity index (χ1) is 15.0. The standard InChI is InChI=1S/C20H17Cl2F4N5O/c1-11-8-15(20(24,25)26)31-18(27-11)16(22)17(28-31)19(32)30-6-4-29(5-7-30)10-12-2-3-13(23)9-14(12)21/h2-3,8-9H,4-7,10H2,1H3. The largest absolute Gasteiger partial charge is 0.433 e. The summed E-state index contributed by atoms with van der Waals surface area (Å²) in [6.07, 6.45) is -4.69. The van der Waals surface area contributed by atoms with Crippen LogP contribution in [0.3, 0.4) is 0 Å². The van der Waals surface area contributed by atoms with E-state index in [9.17, 15) is 22.4 Å². The van der Waals surface area contributed by atoms with Crippen molar-refractivity contribution in [3.8, 4) is 0 Å². The van der Waals surface area contributed by atoms with Crippen molar-refractivity contribution >= 4 is 34.8 Å². The molecule has 3 aromatic rings. The van der Waals surface area contributed by atoms with Gasteiger partial charge in [0, 0.05) is 43.4 Å². The quantitative estimate of drug-likeness (QED) is 0.509. The lowest BCUT2D eigenvalue weighted by molar-refractivity contribution is -0.142. The summed E-state index contributed by atoms with van der Waals surface area (Å²) >= 11 is 12.3. The monoisotopic (exact) mass is 489 g/mol. The van der Waals surface area contributed by atoms with Gasteiger partial charge in [-0.25, -0.2) is 13.9 Å². The molecule has 0 saturated carbocycles. The van der Waals surface area contributed by atoms with E-state index in [0.717, 1.165) is 11.6 Å². The number of benzene rings is 1. The SMILES string of the molecule is Cc1cc(C(F)(F)F)n2nc(C(=O)N3CCN(Cc4ccc(F)cc4Cl)CC3)c(Cl)c2n1. The Morgan fingerprint density at radius 3 is 2.44 bits per heavy atom. The highest BCUT2D eigenvalue weighted by Crippen LogP contribution is 2.32. The minimum Gasteiger partial charge on any atom is -0.335 e. The van der Waals surface area contributed by atoms with Crippen molar-refractivity contribution in [2.24, 2.45) is 0 Å². The Balaban J connectivity index is 1.51. The molecule has 0 bridgehead atoms. The van der Waals surface area contributed by atoms with Crippen LogP contribution in [-0.4, -0.2) is 56.5 Å². The summed E-state index contributed by atoms with van der Waals surface area (Å²) in [6, 6.07) is 5.03. The second-order valence-electron chi connectivity index (χ2n) is 7.48. The van der Waals surface area contributed by atoms with Crippen LogP contribution in [0.2, 0.25) is 10.0 Å². The van der Waals surface area contributed by atoms with Crippen LogP contribution in [0.15, 0.2) is 24.3 Å². The summed E-state index contributed by atoms with van der Waals surface area (Å²) in [5.41, 5.74) is -0.671. The third-order valence-corrected chi connectivity index (χ3v) is 5.92. The number of piperazine rings is 1. The Bertz CT molecular complexity index is 1190. The van der Waals surface area contributed by atoms with Crippen molar-refractivity contribution in [3.05, 3.63) is 62.8 Å². The Morgan fingerprint density at radius 1 is 1.12 bits per heavy atom. The molecule has 1 fully saturated rings. The number of hydrogen-bond acceptors (Lipinski definition) is 4. The lowest BCUT2D eigenvalue weighted by Crippen LogP contribution is -2.48. The van der Waals surface area contributed by atoms with Gasteiger partial charge in [0.05, 0.1) is 0 Å². The molecule has 1 amide bonds. The van der Waals surface area contributed by atoms with Crippen LogP contribution >= 0.6 is 23.2 Å². The number of alkyl halides is 3. The molecule has 170 valence electrons. The maximum Gasteiger partial charge on any atom is 0.433 e. The molecule has 0 aliphatic carbocycles. The number of carbonyl (C=O) groups excluding carboxylic acids is 1. The lowest BCUT2D eigenvalue weighted by atomic mass is 10.2. The summed E-state index contributed by atoms with van der Waals surface area (Å²) < 4.78 is 54.0. The molecule has 1 saturated heterocycles. The average Bonchev–Trinajstić information content (AvgIpc) is 3.05. The third-order valence-electron chi connectivity index (χ3n) is 5.22. The van der Waals surface area contributed by atoms with Gasteiger partial charge in [-0.1, -0.05) is 29.3 Å². The number of fused-ring (bicyclic) bond motifs is 1. The van der Waals surface area contributed by atoms with Crippen LogP contribution < -0.4 is 0 Å². The van der Waals surface area contributed by atoms with Gasteiger partial charge in [0.1, 0.15) is 16.5 Å². The molecule has 0 spiro atoms. The number of halogens is 6. The van der Waals surface area contributed by atoms with E-state index in [4.69, 9.17) is 23.2 Å². The average molecular weight is 490 g/mol. The first-order valence-corrected chi connectivity index (χ1v) is 10.4. The highest BCUT2D eigenvalue weighted by Gasteiger charge is 2.37. The highest BCUT2D eigenvalue weighted by atomic mass is 35.5.